The average molecular weight is 214 g/mol. The Hall–Kier alpha value is -0.0656. The molecule has 0 N–H and O–H groups in total. The van der Waals surface area contributed by atoms with Crippen LogP contribution in [-0.4, -0.2) is 0 Å². The van der Waals surface area contributed by atoms with E-state index >= 15 is 0 Å². The van der Waals surface area contributed by atoms with E-state index in [4.69, 9.17) is 0 Å². The number of allylic oxidation sites excluding steroid dienone is 4. The molecule has 1 radical (unpaired) electrons. The predicted octanol–water partition coefficient (Wildman–Crippen LogP) is 3.78. The molecule has 0 amide bonds. The summed E-state index contributed by atoms with van der Waals surface area (Å²) in [7, 11) is 0. The van der Waals surface area contributed by atoms with Gasteiger partial charge in [0.05, 0.1) is 0 Å². The molecule has 1 rings (SSSR count). The van der Waals surface area contributed by atoms with Crippen LogP contribution in [0.25, 0.3) is 0 Å². The summed E-state index contributed by atoms with van der Waals surface area (Å²) in [5.74, 6) is 0.403. The van der Waals surface area contributed by atoms with Crippen LogP contribution in [0.2, 0.25) is 0 Å². The van der Waals surface area contributed by atoms with Crippen molar-refractivity contribution in [2.45, 2.75) is 27.7 Å². The molecule has 0 aliphatic heterocycles. The van der Waals surface area contributed by atoms with E-state index in [2.05, 4.69) is 41.0 Å². The standard InChI is InChI=1S/C11H16.CH3.V/c1-7-6-8(2)10(4)11(5)9(7)3;;/h6,11H,5H2,1-4H3;1H3;/q-2;-1;. The van der Waals surface area contributed by atoms with Gasteiger partial charge in [-0.25, -0.2) is 5.92 Å². The average Bonchev–Trinajstić information content (AvgIpc) is 1.97. The van der Waals surface area contributed by atoms with Gasteiger partial charge in [-0.3, -0.25) is 0 Å². The minimum Gasteiger partial charge on any atom is -0.358 e. The van der Waals surface area contributed by atoms with Gasteiger partial charge in [-0.05, 0) is 0 Å². The summed E-state index contributed by atoms with van der Waals surface area (Å²) in [6.45, 7) is 12.8. The predicted molar refractivity (Wildman–Crippen MR) is 56.3 cm³/mol. The molecule has 0 atom stereocenters. The first-order valence-corrected chi connectivity index (χ1v) is 4.06. The Morgan fingerprint density at radius 1 is 1.00 bits per heavy atom. The summed E-state index contributed by atoms with van der Waals surface area (Å²) < 4.78 is 0. The van der Waals surface area contributed by atoms with Gasteiger partial charge in [0.15, 0.2) is 0 Å². The molecule has 1 aliphatic rings. The third-order valence-corrected chi connectivity index (χ3v) is 2.72. The Kier molecular flexibility index (Phi) is 6.66. The minimum atomic E-state index is 0. The van der Waals surface area contributed by atoms with Gasteiger partial charge in [-0.15, -0.1) is 0 Å². The molecule has 1 aliphatic carbocycles. The van der Waals surface area contributed by atoms with Crippen LogP contribution in [0.4, 0.5) is 0 Å². The van der Waals surface area contributed by atoms with Crippen LogP contribution in [0.15, 0.2) is 22.3 Å². The Morgan fingerprint density at radius 2 is 1.31 bits per heavy atom. The van der Waals surface area contributed by atoms with Crippen molar-refractivity contribution in [1.82, 2.24) is 0 Å². The zero-order valence-corrected chi connectivity index (χ0v) is 10.7. The molecule has 0 heterocycles. The van der Waals surface area contributed by atoms with E-state index in [-0.39, 0.29) is 26.0 Å². The van der Waals surface area contributed by atoms with E-state index in [0.29, 0.717) is 5.92 Å². The fourth-order valence-electron chi connectivity index (χ4n) is 1.43. The Labute approximate surface area is 95.4 Å². The number of rotatable bonds is 0. The van der Waals surface area contributed by atoms with E-state index < -0.39 is 0 Å². The van der Waals surface area contributed by atoms with Crippen molar-refractivity contribution >= 4 is 0 Å². The van der Waals surface area contributed by atoms with Gasteiger partial charge < -0.3 is 14.4 Å². The van der Waals surface area contributed by atoms with Gasteiger partial charge in [0.25, 0.3) is 0 Å². The van der Waals surface area contributed by atoms with Gasteiger partial charge in [-0.2, -0.15) is 28.7 Å². The summed E-state index contributed by atoms with van der Waals surface area (Å²) in [4.78, 5) is 0. The molecule has 0 aromatic rings. The van der Waals surface area contributed by atoms with Crippen LogP contribution in [0.1, 0.15) is 27.7 Å². The molecule has 75 valence electrons. The van der Waals surface area contributed by atoms with Crippen molar-refractivity contribution in [2.24, 2.45) is 5.92 Å². The molecular formula is C12H19V-3. The second kappa shape index (κ2) is 5.62. The minimum absolute atomic E-state index is 0. The van der Waals surface area contributed by atoms with E-state index in [1.165, 1.54) is 22.3 Å². The SMILES string of the molecule is [CH2-]C1C(C)=C(C)[CH-]C(C)=C1C.[CH3-].[V]. The second-order valence-electron chi connectivity index (χ2n) is 3.43. The first kappa shape index (κ1) is 15.4. The van der Waals surface area contributed by atoms with Crippen LogP contribution < -0.4 is 0 Å². The third kappa shape index (κ3) is 2.96. The van der Waals surface area contributed by atoms with Gasteiger partial charge in [0.1, 0.15) is 0 Å². The Bertz CT molecular complexity index is 210. The maximum Gasteiger partial charge on any atom is 0 e. The van der Waals surface area contributed by atoms with E-state index in [1.807, 2.05) is 0 Å². The first-order valence-electron chi connectivity index (χ1n) is 4.06. The molecule has 0 spiro atoms. The quantitative estimate of drug-likeness (QED) is 0.538. The summed E-state index contributed by atoms with van der Waals surface area (Å²) in [6.07, 6.45) is 2.24. The molecule has 0 saturated carbocycles. The van der Waals surface area contributed by atoms with E-state index in [0.717, 1.165) is 0 Å². The fraction of sp³-hybridized carbons (Fsp3) is 0.417. The van der Waals surface area contributed by atoms with Crippen LogP contribution in [0, 0.1) is 26.7 Å². The van der Waals surface area contributed by atoms with Crippen molar-refractivity contribution in [3.05, 3.63) is 43.1 Å². The molecule has 0 nitrogen and oxygen atoms in total. The summed E-state index contributed by atoms with van der Waals surface area (Å²) in [5, 5.41) is 0. The molecule has 0 aromatic heterocycles. The number of hydrogen-bond donors (Lipinski definition) is 0. The molecule has 0 unspecified atom stereocenters. The van der Waals surface area contributed by atoms with Gasteiger partial charge in [-0.1, -0.05) is 27.7 Å². The third-order valence-electron chi connectivity index (χ3n) is 2.72. The van der Waals surface area contributed by atoms with Crippen LogP contribution in [0.3, 0.4) is 0 Å². The first-order chi connectivity index (χ1) is 5.04. The Morgan fingerprint density at radius 3 is 1.62 bits per heavy atom. The monoisotopic (exact) mass is 214 g/mol. The topological polar surface area (TPSA) is 0 Å². The molecule has 0 bridgehead atoms. The van der Waals surface area contributed by atoms with Crippen molar-refractivity contribution in [1.29, 1.82) is 0 Å². The largest absolute Gasteiger partial charge is 0.358 e. The molecule has 13 heavy (non-hydrogen) atoms. The molecule has 1 heteroatoms. The molecule has 0 saturated heterocycles. The maximum atomic E-state index is 4.12. The van der Waals surface area contributed by atoms with Gasteiger partial charge >= 0.3 is 0 Å². The van der Waals surface area contributed by atoms with E-state index in [9.17, 15) is 0 Å². The maximum absolute atomic E-state index is 4.12. The Balaban J connectivity index is 0. The zero-order chi connectivity index (χ0) is 8.59. The fourth-order valence-corrected chi connectivity index (χ4v) is 1.43. The number of hydrogen-bond acceptors (Lipinski definition) is 0. The summed E-state index contributed by atoms with van der Waals surface area (Å²) >= 11 is 0. The van der Waals surface area contributed by atoms with Crippen molar-refractivity contribution in [3.8, 4) is 0 Å². The van der Waals surface area contributed by atoms with Gasteiger partial charge in [0.2, 0.25) is 0 Å². The molecular weight excluding hydrogens is 195 g/mol. The molecule has 0 fully saturated rings. The van der Waals surface area contributed by atoms with E-state index in [1.54, 1.807) is 0 Å². The van der Waals surface area contributed by atoms with Crippen molar-refractivity contribution < 1.29 is 18.6 Å². The summed E-state index contributed by atoms with van der Waals surface area (Å²) in [5.41, 5.74) is 5.59. The molecule has 0 aromatic carbocycles. The van der Waals surface area contributed by atoms with Gasteiger partial charge in [0, 0.05) is 18.6 Å². The van der Waals surface area contributed by atoms with Crippen LogP contribution >= 0.6 is 0 Å². The van der Waals surface area contributed by atoms with Crippen LogP contribution in [-0.2, 0) is 18.6 Å². The second-order valence-corrected chi connectivity index (χ2v) is 3.43. The van der Waals surface area contributed by atoms with Crippen LogP contribution in [0.5, 0.6) is 0 Å². The van der Waals surface area contributed by atoms with Crippen molar-refractivity contribution in [2.75, 3.05) is 0 Å². The zero-order valence-electron chi connectivity index (χ0n) is 9.31. The smallest absolute Gasteiger partial charge is 0 e. The van der Waals surface area contributed by atoms with Crippen molar-refractivity contribution in [3.63, 3.8) is 0 Å². The summed E-state index contributed by atoms with van der Waals surface area (Å²) in [6, 6.07) is 0. The normalized spacial score (nSPS) is 17.6.